The van der Waals surface area contributed by atoms with E-state index < -0.39 is 5.60 Å². The van der Waals surface area contributed by atoms with Crippen molar-refractivity contribution in [3.63, 3.8) is 0 Å². The molecule has 0 spiro atoms. The Morgan fingerprint density at radius 3 is 2.53 bits per heavy atom. The van der Waals surface area contributed by atoms with Gasteiger partial charge in [0.1, 0.15) is 5.60 Å². The Balaban J connectivity index is 1.62. The Bertz CT molecular complexity index is 861. The minimum absolute atomic E-state index is 0.118. The number of hydrogen-bond donors (Lipinski definition) is 1. The number of rotatable bonds is 7. The Hall–Kier alpha value is -2.25. The van der Waals surface area contributed by atoms with Gasteiger partial charge < -0.3 is 14.6 Å². The Labute approximate surface area is 178 Å². The fourth-order valence-electron chi connectivity index (χ4n) is 5.10. The predicted molar refractivity (Wildman–Crippen MR) is 113 cm³/mol. The molecule has 1 saturated heterocycles. The molecule has 2 fully saturated rings. The van der Waals surface area contributed by atoms with E-state index in [-0.39, 0.29) is 11.8 Å². The van der Waals surface area contributed by atoms with Gasteiger partial charge in [-0.2, -0.15) is 4.98 Å². The zero-order valence-electron chi connectivity index (χ0n) is 18.2. The van der Waals surface area contributed by atoms with Crippen LogP contribution in [-0.2, 0) is 12.1 Å². The molecule has 2 atom stereocenters. The zero-order chi connectivity index (χ0) is 21.1. The molecular formula is C23H32N4O3. The van der Waals surface area contributed by atoms with Gasteiger partial charge in [-0.25, -0.2) is 4.98 Å². The van der Waals surface area contributed by atoms with Gasteiger partial charge in [0.2, 0.25) is 5.88 Å². The lowest BCUT2D eigenvalue weighted by molar-refractivity contribution is -0.150. The van der Waals surface area contributed by atoms with Crippen LogP contribution < -0.4 is 9.47 Å². The first-order valence-corrected chi connectivity index (χ1v) is 11.0. The van der Waals surface area contributed by atoms with Crippen molar-refractivity contribution in [2.24, 2.45) is 11.8 Å². The van der Waals surface area contributed by atoms with Gasteiger partial charge in [0.05, 0.1) is 18.8 Å². The quantitative estimate of drug-likeness (QED) is 0.748. The van der Waals surface area contributed by atoms with Gasteiger partial charge in [-0.05, 0) is 50.8 Å². The van der Waals surface area contributed by atoms with E-state index in [1.165, 1.54) is 11.1 Å². The molecule has 30 heavy (non-hydrogen) atoms. The van der Waals surface area contributed by atoms with E-state index >= 15 is 0 Å². The third kappa shape index (κ3) is 3.88. The van der Waals surface area contributed by atoms with E-state index in [0.717, 1.165) is 38.9 Å². The smallest absolute Gasteiger partial charge is 0.319 e. The Kier molecular flexibility index (Phi) is 6.20. The highest BCUT2D eigenvalue weighted by molar-refractivity contribution is 5.34. The van der Waals surface area contributed by atoms with Crippen LogP contribution in [-0.4, -0.2) is 51.3 Å². The summed E-state index contributed by atoms with van der Waals surface area (Å²) in [5.74, 6) is 0.689. The molecule has 2 bridgehead atoms. The molecule has 4 rings (SSSR count). The monoisotopic (exact) mass is 412 g/mol. The van der Waals surface area contributed by atoms with Crippen molar-refractivity contribution in [2.45, 2.75) is 52.2 Å². The van der Waals surface area contributed by atoms with Crippen molar-refractivity contribution in [3.8, 4) is 11.9 Å². The second kappa shape index (κ2) is 8.86. The number of likely N-dealkylation sites (tertiary alicyclic amines) is 1. The average molecular weight is 413 g/mol. The minimum atomic E-state index is -0.975. The Morgan fingerprint density at radius 2 is 1.87 bits per heavy atom. The van der Waals surface area contributed by atoms with Crippen molar-refractivity contribution < 1.29 is 14.6 Å². The Morgan fingerprint density at radius 1 is 1.13 bits per heavy atom. The van der Waals surface area contributed by atoms with E-state index in [9.17, 15) is 5.11 Å². The summed E-state index contributed by atoms with van der Waals surface area (Å²) in [6, 6.07) is 2.39. The van der Waals surface area contributed by atoms with Crippen molar-refractivity contribution in [3.05, 3.63) is 41.3 Å². The minimum Gasteiger partial charge on any atom is -0.478 e. The molecule has 7 nitrogen and oxygen atoms in total. The highest BCUT2D eigenvalue weighted by Gasteiger charge is 2.53. The fourth-order valence-corrected chi connectivity index (χ4v) is 5.10. The highest BCUT2D eigenvalue weighted by Crippen LogP contribution is 2.51. The van der Waals surface area contributed by atoms with E-state index in [4.69, 9.17) is 9.47 Å². The number of ether oxygens (including phenoxy) is 2. The third-order valence-corrected chi connectivity index (χ3v) is 6.56. The average Bonchev–Trinajstić information content (AvgIpc) is 2.71. The van der Waals surface area contributed by atoms with Gasteiger partial charge in [0.25, 0.3) is 0 Å². The summed E-state index contributed by atoms with van der Waals surface area (Å²) < 4.78 is 11.3. The van der Waals surface area contributed by atoms with Crippen LogP contribution >= 0.6 is 0 Å². The molecule has 0 amide bonds. The maximum atomic E-state index is 12.1. The number of piperidine rings is 1. The number of aliphatic hydroxyl groups is 1. The standard InChI is InChI=1S/C23H32N4O3/c1-4-29-21-20(12-25-22(26-21)30-5-2)23(28)18-7-6-8-19(23)15-27(14-18)13-17-9-10-24-11-16(17)3/h9-12,18-19,28H,4-8,13-15H2,1-3H3. The first kappa shape index (κ1) is 21.0. The van der Waals surface area contributed by atoms with Crippen molar-refractivity contribution >= 4 is 0 Å². The maximum absolute atomic E-state index is 12.1. The largest absolute Gasteiger partial charge is 0.478 e. The van der Waals surface area contributed by atoms with Crippen molar-refractivity contribution in [1.82, 2.24) is 19.9 Å². The van der Waals surface area contributed by atoms with E-state index in [1.807, 2.05) is 26.2 Å². The first-order valence-electron chi connectivity index (χ1n) is 11.0. The fraction of sp³-hybridized carbons (Fsp3) is 0.609. The summed E-state index contributed by atoms with van der Waals surface area (Å²) in [5.41, 5.74) is 2.24. The van der Waals surface area contributed by atoms with Crippen molar-refractivity contribution in [2.75, 3.05) is 26.3 Å². The van der Waals surface area contributed by atoms with Crippen LogP contribution in [0.2, 0.25) is 0 Å². The van der Waals surface area contributed by atoms with Gasteiger partial charge in [0, 0.05) is 50.1 Å². The topological polar surface area (TPSA) is 80.6 Å². The molecule has 0 aromatic carbocycles. The molecule has 162 valence electrons. The SMILES string of the molecule is CCOc1ncc(C2(O)C3CCCC2CN(Cc2ccncc2C)C3)c(OCC)n1. The molecule has 3 heterocycles. The lowest BCUT2D eigenvalue weighted by Crippen LogP contribution is -2.58. The van der Waals surface area contributed by atoms with Gasteiger partial charge in [-0.3, -0.25) is 9.88 Å². The number of pyridine rings is 1. The summed E-state index contributed by atoms with van der Waals surface area (Å²) in [4.78, 5) is 15.5. The summed E-state index contributed by atoms with van der Waals surface area (Å²) >= 11 is 0. The molecule has 1 aliphatic heterocycles. The second-order valence-electron chi connectivity index (χ2n) is 8.38. The normalized spacial score (nSPS) is 26.4. The van der Waals surface area contributed by atoms with Crippen LogP contribution in [0.15, 0.2) is 24.7 Å². The van der Waals surface area contributed by atoms with E-state index in [1.54, 1.807) is 6.20 Å². The molecule has 7 heteroatoms. The summed E-state index contributed by atoms with van der Waals surface area (Å²) in [7, 11) is 0. The molecule has 2 unspecified atom stereocenters. The van der Waals surface area contributed by atoms with E-state index in [2.05, 4.69) is 32.8 Å². The second-order valence-corrected chi connectivity index (χ2v) is 8.38. The van der Waals surface area contributed by atoms with Gasteiger partial charge in [-0.1, -0.05) is 6.42 Å². The van der Waals surface area contributed by atoms with Crippen LogP contribution in [0.3, 0.4) is 0 Å². The van der Waals surface area contributed by atoms with Crippen molar-refractivity contribution in [1.29, 1.82) is 0 Å². The molecule has 1 N–H and O–H groups in total. The number of fused-ring (bicyclic) bond motifs is 2. The third-order valence-electron chi connectivity index (χ3n) is 6.56. The highest BCUT2D eigenvalue weighted by atomic mass is 16.5. The summed E-state index contributed by atoms with van der Waals surface area (Å²) in [6.07, 6.45) is 8.60. The molecule has 1 aliphatic carbocycles. The van der Waals surface area contributed by atoms with E-state index in [0.29, 0.717) is 30.7 Å². The molecule has 0 radical (unpaired) electrons. The zero-order valence-corrected chi connectivity index (χ0v) is 18.2. The molecule has 2 aromatic heterocycles. The lowest BCUT2D eigenvalue weighted by atomic mass is 9.63. The molecule has 2 aromatic rings. The van der Waals surface area contributed by atoms with Crippen LogP contribution in [0.5, 0.6) is 11.9 Å². The van der Waals surface area contributed by atoms with Gasteiger partial charge >= 0.3 is 6.01 Å². The predicted octanol–water partition coefficient (Wildman–Crippen LogP) is 3.10. The lowest BCUT2D eigenvalue weighted by Gasteiger charge is -2.53. The maximum Gasteiger partial charge on any atom is 0.319 e. The van der Waals surface area contributed by atoms with Crippen LogP contribution in [0, 0.1) is 18.8 Å². The van der Waals surface area contributed by atoms with Gasteiger partial charge in [-0.15, -0.1) is 0 Å². The number of aromatic nitrogens is 3. The van der Waals surface area contributed by atoms with Crippen LogP contribution in [0.1, 0.15) is 49.8 Å². The number of aryl methyl sites for hydroxylation is 1. The summed E-state index contributed by atoms with van der Waals surface area (Å²) in [5, 5.41) is 12.1. The molecule has 2 aliphatic rings. The van der Waals surface area contributed by atoms with Gasteiger partial charge in [0.15, 0.2) is 0 Å². The number of nitrogens with zero attached hydrogens (tertiary/aromatic N) is 4. The molecular weight excluding hydrogens is 380 g/mol. The molecule has 1 saturated carbocycles. The summed E-state index contributed by atoms with van der Waals surface area (Å²) in [6.45, 7) is 9.47. The van der Waals surface area contributed by atoms with Crippen LogP contribution in [0.25, 0.3) is 0 Å². The number of hydrogen-bond acceptors (Lipinski definition) is 7. The van der Waals surface area contributed by atoms with Crippen LogP contribution in [0.4, 0.5) is 0 Å². The first-order chi connectivity index (χ1) is 14.6.